The van der Waals surface area contributed by atoms with Crippen LogP contribution in [0, 0.1) is 0 Å². The molecule has 0 unspecified atom stereocenters. The van der Waals surface area contributed by atoms with Crippen LogP contribution in [0.5, 0.6) is 5.75 Å². The second-order valence-electron chi connectivity index (χ2n) is 5.65. The van der Waals surface area contributed by atoms with Crippen LogP contribution in [0.2, 0.25) is 0 Å². The van der Waals surface area contributed by atoms with Crippen molar-refractivity contribution in [3.8, 4) is 5.75 Å². The van der Waals surface area contributed by atoms with E-state index in [4.69, 9.17) is 4.74 Å². The molecule has 0 fully saturated rings. The number of benzene rings is 2. The lowest BCUT2D eigenvalue weighted by Gasteiger charge is -2.19. The maximum atomic E-state index is 12.7. The van der Waals surface area contributed by atoms with E-state index < -0.39 is 10.0 Å². The highest BCUT2D eigenvalue weighted by molar-refractivity contribution is 7.92. The summed E-state index contributed by atoms with van der Waals surface area (Å²) in [6.45, 7) is 7.94. The molecular weight excluding hydrogens is 364 g/mol. The topological polar surface area (TPSA) is 75.7 Å². The lowest BCUT2D eigenvalue weighted by atomic mass is 10.2. The second-order valence-corrected chi connectivity index (χ2v) is 7.33. The van der Waals surface area contributed by atoms with Gasteiger partial charge in [-0.05, 0) is 42.5 Å². The third-order valence-electron chi connectivity index (χ3n) is 3.72. The Hall–Kier alpha value is -3.06. The van der Waals surface area contributed by atoms with Crippen LogP contribution in [-0.4, -0.2) is 39.4 Å². The van der Waals surface area contributed by atoms with Gasteiger partial charge in [-0.2, -0.15) is 0 Å². The van der Waals surface area contributed by atoms with Crippen LogP contribution in [0.25, 0.3) is 0 Å². The molecule has 2 rings (SSSR count). The third-order valence-corrected chi connectivity index (χ3v) is 5.10. The summed E-state index contributed by atoms with van der Waals surface area (Å²) in [5.41, 5.74) is 0.670. The van der Waals surface area contributed by atoms with Crippen molar-refractivity contribution in [2.75, 3.05) is 24.9 Å². The third kappa shape index (κ3) is 5.21. The smallest absolute Gasteiger partial charge is 0.261 e. The molecule has 1 N–H and O–H groups in total. The van der Waals surface area contributed by atoms with Gasteiger partial charge in [-0.3, -0.25) is 9.52 Å². The maximum absolute atomic E-state index is 12.7. The van der Waals surface area contributed by atoms with Crippen molar-refractivity contribution in [1.29, 1.82) is 0 Å². The monoisotopic (exact) mass is 386 g/mol. The molecule has 2 aromatic rings. The number of carbonyl (C=O) groups is 1. The van der Waals surface area contributed by atoms with Gasteiger partial charge in [-0.1, -0.05) is 18.2 Å². The Morgan fingerprint density at radius 2 is 1.74 bits per heavy atom. The molecule has 0 aromatic heterocycles. The number of hydrogen-bond acceptors (Lipinski definition) is 4. The molecule has 6 nitrogen and oxygen atoms in total. The summed E-state index contributed by atoms with van der Waals surface area (Å²) in [7, 11) is -2.31. The first-order chi connectivity index (χ1) is 12.9. The summed E-state index contributed by atoms with van der Waals surface area (Å²) in [5.74, 6) is 0.325. The SMILES string of the molecule is C=CCN(CC=C)C(=O)c1cccc(S(=O)(=O)Nc2ccc(OC)cc2)c1. The molecule has 27 heavy (non-hydrogen) atoms. The predicted octanol–water partition coefficient (Wildman–Crippen LogP) is 3.31. The lowest BCUT2D eigenvalue weighted by Crippen LogP contribution is -2.31. The highest BCUT2D eigenvalue weighted by Gasteiger charge is 2.19. The van der Waals surface area contributed by atoms with Crippen molar-refractivity contribution in [2.45, 2.75) is 4.90 Å². The standard InChI is InChI=1S/C20H22N2O4S/c1-4-13-22(14-5-2)20(23)16-7-6-8-19(15-16)27(24,25)21-17-9-11-18(26-3)12-10-17/h4-12,15,21H,1-2,13-14H2,3H3. The molecule has 7 heteroatoms. The first kappa shape index (κ1) is 20.3. The summed E-state index contributed by atoms with van der Waals surface area (Å²) in [6, 6.07) is 12.4. The van der Waals surface area contributed by atoms with Crippen LogP contribution in [0.1, 0.15) is 10.4 Å². The molecule has 142 valence electrons. The Morgan fingerprint density at radius 1 is 1.11 bits per heavy atom. The fourth-order valence-electron chi connectivity index (χ4n) is 2.40. The minimum atomic E-state index is -3.84. The Bertz CT molecular complexity index is 911. The Labute approximate surface area is 159 Å². The largest absolute Gasteiger partial charge is 0.497 e. The van der Waals surface area contributed by atoms with E-state index in [0.717, 1.165) is 0 Å². The summed E-state index contributed by atoms with van der Waals surface area (Å²) < 4.78 is 32.9. The Balaban J connectivity index is 2.27. The van der Waals surface area contributed by atoms with E-state index in [1.807, 2.05) is 0 Å². The lowest BCUT2D eigenvalue weighted by molar-refractivity contribution is 0.0790. The summed E-state index contributed by atoms with van der Waals surface area (Å²) in [6.07, 6.45) is 3.21. The van der Waals surface area contributed by atoms with Gasteiger partial charge in [0.15, 0.2) is 0 Å². The Kier molecular flexibility index (Phi) is 6.79. The zero-order chi connectivity index (χ0) is 19.9. The fraction of sp³-hybridized carbons (Fsp3) is 0.150. The number of hydrogen-bond donors (Lipinski definition) is 1. The van der Waals surface area contributed by atoms with Gasteiger partial charge < -0.3 is 9.64 Å². The first-order valence-corrected chi connectivity index (χ1v) is 9.67. The fourth-order valence-corrected chi connectivity index (χ4v) is 3.51. The van der Waals surface area contributed by atoms with Crippen LogP contribution in [-0.2, 0) is 10.0 Å². The van der Waals surface area contributed by atoms with Crippen molar-refractivity contribution >= 4 is 21.6 Å². The van der Waals surface area contributed by atoms with E-state index in [2.05, 4.69) is 17.9 Å². The van der Waals surface area contributed by atoms with E-state index in [1.54, 1.807) is 42.5 Å². The summed E-state index contributed by atoms with van der Waals surface area (Å²) in [4.78, 5) is 14.2. The van der Waals surface area contributed by atoms with Gasteiger partial charge in [0, 0.05) is 24.3 Å². The molecule has 0 atom stereocenters. The van der Waals surface area contributed by atoms with E-state index in [1.165, 1.54) is 30.2 Å². The van der Waals surface area contributed by atoms with Gasteiger partial charge in [-0.15, -0.1) is 13.2 Å². The van der Waals surface area contributed by atoms with Crippen LogP contribution in [0.3, 0.4) is 0 Å². The second kappa shape index (κ2) is 9.05. The molecule has 0 aliphatic carbocycles. The van der Waals surface area contributed by atoms with E-state index in [-0.39, 0.29) is 16.4 Å². The van der Waals surface area contributed by atoms with E-state index >= 15 is 0 Å². The molecule has 0 spiro atoms. The van der Waals surface area contributed by atoms with E-state index in [9.17, 15) is 13.2 Å². The van der Waals surface area contributed by atoms with Crippen molar-refractivity contribution < 1.29 is 17.9 Å². The molecule has 0 saturated heterocycles. The number of rotatable bonds is 9. The van der Waals surface area contributed by atoms with Gasteiger partial charge in [0.05, 0.1) is 12.0 Å². The highest BCUT2D eigenvalue weighted by Crippen LogP contribution is 2.20. The van der Waals surface area contributed by atoms with Crippen molar-refractivity contribution in [3.05, 3.63) is 79.4 Å². The first-order valence-electron chi connectivity index (χ1n) is 8.19. The highest BCUT2D eigenvalue weighted by atomic mass is 32.2. The van der Waals surface area contributed by atoms with Gasteiger partial charge >= 0.3 is 0 Å². The molecule has 0 radical (unpaired) electrons. The zero-order valence-corrected chi connectivity index (χ0v) is 15.9. The minimum absolute atomic E-state index is 0.00123. The number of nitrogens with zero attached hydrogens (tertiary/aromatic N) is 1. The molecule has 0 heterocycles. The number of nitrogens with one attached hydrogen (secondary N) is 1. The average molecular weight is 386 g/mol. The normalized spacial score (nSPS) is 10.7. The van der Waals surface area contributed by atoms with E-state index in [0.29, 0.717) is 24.5 Å². The zero-order valence-electron chi connectivity index (χ0n) is 15.1. The molecule has 1 amide bonds. The van der Waals surface area contributed by atoms with Gasteiger partial charge in [-0.25, -0.2) is 8.42 Å². The van der Waals surface area contributed by atoms with Crippen LogP contribution < -0.4 is 9.46 Å². The molecule has 2 aromatic carbocycles. The number of anilines is 1. The van der Waals surface area contributed by atoms with Crippen molar-refractivity contribution in [2.24, 2.45) is 0 Å². The van der Waals surface area contributed by atoms with Crippen LogP contribution in [0.4, 0.5) is 5.69 Å². The minimum Gasteiger partial charge on any atom is -0.497 e. The van der Waals surface area contributed by atoms with Crippen LogP contribution >= 0.6 is 0 Å². The van der Waals surface area contributed by atoms with Crippen molar-refractivity contribution in [3.63, 3.8) is 0 Å². The molecular formula is C20H22N2O4S. The Morgan fingerprint density at radius 3 is 2.30 bits per heavy atom. The molecule has 0 saturated carbocycles. The summed E-state index contributed by atoms with van der Waals surface area (Å²) >= 11 is 0. The number of ether oxygens (including phenoxy) is 1. The van der Waals surface area contributed by atoms with Gasteiger partial charge in [0.2, 0.25) is 0 Å². The quantitative estimate of drug-likeness (QED) is 0.671. The maximum Gasteiger partial charge on any atom is 0.261 e. The average Bonchev–Trinajstić information content (AvgIpc) is 2.67. The van der Waals surface area contributed by atoms with Crippen molar-refractivity contribution in [1.82, 2.24) is 4.90 Å². The summed E-state index contributed by atoms with van der Waals surface area (Å²) in [5, 5.41) is 0. The number of amides is 1. The molecule has 0 aliphatic rings. The predicted molar refractivity (Wildman–Crippen MR) is 107 cm³/mol. The van der Waals surface area contributed by atoms with Gasteiger partial charge in [0.25, 0.3) is 15.9 Å². The molecule has 0 bridgehead atoms. The number of carbonyl (C=O) groups excluding carboxylic acids is 1. The van der Waals surface area contributed by atoms with Gasteiger partial charge in [0.1, 0.15) is 5.75 Å². The number of methoxy groups -OCH3 is 1. The number of sulfonamides is 1. The van der Waals surface area contributed by atoms with Crippen LogP contribution in [0.15, 0.2) is 78.7 Å². The molecule has 0 aliphatic heterocycles.